The zero-order valence-electron chi connectivity index (χ0n) is 7.14. The van der Waals surface area contributed by atoms with Crippen LogP contribution in [0, 0.1) is 0 Å². The molecule has 0 radical (unpaired) electrons. The van der Waals surface area contributed by atoms with Crippen LogP contribution in [0.15, 0.2) is 18.3 Å². The van der Waals surface area contributed by atoms with Crippen molar-refractivity contribution in [2.24, 2.45) is 0 Å². The Kier molecular flexibility index (Phi) is 2.58. The molecule has 1 aliphatic rings. The van der Waals surface area contributed by atoms with Crippen molar-refractivity contribution < 1.29 is 14.5 Å². The van der Waals surface area contributed by atoms with Crippen LogP contribution in [0.3, 0.4) is 0 Å². The number of hydrogen-bond acceptors (Lipinski definition) is 4. The largest absolute Gasteiger partial charge is 0.449 e. The highest BCUT2D eigenvalue weighted by atomic mass is 16.7. The zero-order chi connectivity index (χ0) is 9.10. The molecule has 4 nitrogen and oxygen atoms in total. The predicted molar refractivity (Wildman–Crippen MR) is 47.9 cm³/mol. The van der Waals surface area contributed by atoms with Gasteiger partial charge in [-0.25, -0.2) is 0 Å². The van der Waals surface area contributed by atoms with Gasteiger partial charge in [0, 0.05) is 6.20 Å². The summed E-state index contributed by atoms with van der Waals surface area (Å²) in [5, 5.41) is 8.90. The standard InChI is InChI=1S/C8H10BNO3/c11-9-6-1-2-10-7(5-6)8-12-3-4-13-8/h1-2,5,8-9,11H,3-4H2. The fourth-order valence-electron chi connectivity index (χ4n) is 1.25. The molecule has 13 heavy (non-hydrogen) atoms. The average Bonchev–Trinajstić information content (AvgIpc) is 2.71. The van der Waals surface area contributed by atoms with Crippen LogP contribution in [-0.2, 0) is 9.47 Å². The SMILES string of the molecule is OBc1ccnc(C2OCCO2)c1. The number of pyridine rings is 1. The fourth-order valence-corrected chi connectivity index (χ4v) is 1.25. The van der Waals surface area contributed by atoms with Crippen LogP contribution in [-0.4, -0.2) is 30.7 Å². The molecule has 0 bridgehead atoms. The van der Waals surface area contributed by atoms with E-state index in [9.17, 15) is 0 Å². The third-order valence-electron chi connectivity index (χ3n) is 1.89. The zero-order valence-corrected chi connectivity index (χ0v) is 7.14. The first-order valence-corrected chi connectivity index (χ1v) is 4.19. The maximum Gasteiger partial charge on any atom is 0.304 e. The van der Waals surface area contributed by atoms with Crippen LogP contribution < -0.4 is 5.46 Å². The van der Waals surface area contributed by atoms with Gasteiger partial charge in [-0.15, -0.1) is 0 Å². The third-order valence-corrected chi connectivity index (χ3v) is 1.89. The molecule has 0 saturated carbocycles. The maximum atomic E-state index is 8.90. The van der Waals surface area contributed by atoms with Gasteiger partial charge in [0.1, 0.15) is 0 Å². The Bertz CT molecular complexity index is 288. The van der Waals surface area contributed by atoms with Crippen molar-refractivity contribution in [3.05, 3.63) is 24.0 Å². The van der Waals surface area contributed by atoms with Crippen molar-refractivity contribution in [1.82, 2.24) is 4.98 Å². The van der Waals surface area contributed by atoms with Gasteiger partial charge in [0.15, 0.2) is 0 Å². The van der Waals surface area contributed by atoms with Gasteiger partial charge in [0.2, 0.25) is 6.29 Å². The number of hydrogen-bond donors (Lipinski definition) is 1. The Morgan fingerprint density at radius 1 is 1.46 bits per heavy atom. The second-order valence-corrected chi connectivity index (χ2v) is 2.82. The van der Waals surface area contributed by atoms with Crippen LogP contribution in [0.1, 0.15) is 12.0 Å². The normalized spacial score (nSPS) is 17.6. The molecule has 0 aliphatic carbocycles. The summed E-state index contributed by atoms with van der Waals surface area (Å²) in [5.74, 6) is 0. The third kappa shape index (κ3) is 1.88. The van der Waals surface area contributed by atoms with Crippen molar-refractivity contribution in [3.63, 3.8) is 0 Å². The van der Waals surface area contributed by atoms with E-state index in [1.807, 2.05) is 0 Å². The number of rotatable bonds is 2. The molecule has 1 aliphatic heterocycles. The summed E-state index contributed by atoms with van der Waals surface area (Å²) in [6, 6.07) is 3.55. The van der Waals surface area contributed by atoms with E-state index >= 15 is 0 Å². The number of nitrogens with zero attached hydrogens (tertiary/aromatic N) is 1. The van der Waals surface area contributed by atoms with Crippen LogP contribution >= 0.6 is 0 Å². The Hall–Kier alpha value is -0.905. The highest BCUT2D eigenvalue weighted by molar-refractivity contribution is 6.45. The average molecular weight is 179 g/mol. The van der Waals surface area contributed by atoms with E-state index in [0.29, 0.717) is 13.2 Å². The van der Waals surface area contributed by atoms with E-state index in [4.69, 9.17) is 14.5 Å². The summed E-state index contributed by atoms with van der Waals surface area (Å²) in [7, 11) is 0.0161. The highest BCUT2D eigenvalue weighted by Gasteiger charge is 2.19. The van der Waals surface area contributed by atoms with Crippen molar-refractivity contribution in [2.45, 2.75) is 6.29 Å². The Morgan fingerprint density at radius 3 is 2.92 bits per heavy atom. The molecule has 1 aromatic rings. The maximum absolute atomic E-state index is 8.90. The minimum Gasteiger partial charge on any atom is -0.449 e. The monoisotopic (exact) mass is 179 g/mol. The molecule has 1 saturated heterocycles. The lowest BCUT2D eigenvalue weighted by atomic mass is 9.89. The summed E-state index contributed by atoms with van der Waals surface area (Å²) < 4.78 is 10.5. The van der Waals surface area contributed by atoms with E-state index in [1.54, 1.807) is 18.3 Å². The quantitative estimate of drug-likeness (QED) is 0.597. The van der Waals surface area contributed by atoms with Crippen LogP contribution in [0.5, 0.6) is 0 Å². The van der Waals surface area contributed by atoms with Crippen LogP contribution in [0.2, 0.25) is 0 Å². The molecule has 5 heteroatoms. The summed E-state index contributed by atoms with van der Waals surface area (Å²) in [6.07, 6.45) is 1.29. The van der Waals surface area contributed by atoms with Gasteiger partial charge in [0.25, 0.3) is 0 Å². The van der Waals surface area contributed by atoms with Crippen molar-refractivity contribution in [3.8, 4) is 0 Å². The number of aromatic nitrogens is 1. The van der Waals surface area contributed by atoms with Crippen molar-refractivity contribution >= 4 is 12.9 Å². The first kappa shape index (κ1) is 8.68. The van der Waals surface area contributed by atoms with Crippen molar-refractivity contribution in [2.75, 3.05) is 13.2 Å². The van der Waals surface area contributed by atoms with Crippen LogP contribution in [0.25, 0.3) is 0 Å². The smallest absolute Gasteiger partial charge is 0.304 e. The number of ether oxygens (including phenoxy) is 2. The minimum atomic E-state index is -0.355. The van der Waals surface area contributed by atoms with Gasteiger partial charge in [-0.2, -0.15) is 0 Å². The van der Waals surface area contributed by atoms with E-state index in [2.05, 4.69) is 4.98 Å². The van der Waals surface area contributed by atoms with E-state index in [0.717, 1.165) is 11.2 Å². The van der Waals surface area contributed by atoms with Gasteiger partial charge in [-0.1, -0.05) is 0 Å². The van der Waals surface area contributed by atoms with Gasteiger partial charge in [-0.05, 0) is 17.6 Å². The highest BCUT2D eigenvalue weighted by Crippen LogP contribution is 2.19. The molecule has 1 fully saturated rings. The summed E-state index contributed by atoms with van der Waals surface area (Å²) in [5.41, 5.74) is 1.55. The molecule has 1 N–H and O–H groups in total. The summed E-state index contributed by atoms with van der Waals surface area (Å²) >= 11 is 0. The van der Waals surface area contributed by atoms with Gasteiger partial charge >= 0.3 is 7.48 Å². The van der Waals surface area contributed by atoms with Gasteiger partial charge < -0.3 is 14.5 Å². The fraction of sp³-hybridized carbons (Fsp3) is 0.375. The second-order valence-electron chi connectivity index (χ2n) is 2.82. The molecular weight excluding hydrogens is 169 g/mol. The minimum absolute atomic E-state index is 0.0161. The van der Waals surface area contributed by atoms with Crippen molar-refractivity contribution in [1.29, 1.82) is 0 Å². The first-order valence-electron chi connectivity index (χ1n) is 4.19. The molecule has 0 atom stereocenters. The first-order chi connectivity index (χ1) is 6.40. The predicted octanol–water partition coefficient (Wildman–Crippen LogP) is -0.904. The molecule has 2 heterocycles. The molecule has 68 valence electrons. The summed E-state index contributed by atoms with van der Waals surface area (Å²) in [4.78, 5) is 4.11. The van der Waals surface area contributed by atoms with E-state index < -0.39 is 0 Å². The Labute approximate surface area is 76.8 Å². The van der Waals surface area contributed by atoms with E-state index in [1.165, 1.54) is 0 Å². The van der Waals surface area contributed by atoms with Gasteiger partial charge in [0.05, 0.1) is 18.9 Å². The molecule has 0 aromatic carbocycles. The molecule has 0 amide bonds. The lowest BCUT2D eigenvalue weighted by Crippen LogP contribution is -2.16. The lowest BCUT2D eigenvalue weighted by molar-refractivity contribution is -0.0472. The molecule has 0 spiro atoms. The topological polar surface area (TPSA) is 51.6 Å². The molecule has 2 rings (SSSR count). The molecule has 0 unspecified atom stereocenters. The Morgan fingerprint density at radius 2 is 2.23 bits per heavy atom. The van der Waals surface area contributed by atoms with Crippen LogP contribution in [0.4, 0.5) is 0 Å². The Balaban J connectivity index is 2.18. The second kappa shape index (κ2) is 3.87. The molecular formula is C8H10BNO3. The van der Waals surface area contributed by atoms with E-state index in [-0.39, 0.29) is 13.8 Å². The molecule has 1 aromatic heterocycles. The van der Waals surface area contributed by atoms with Gasteiger partial charge in [-0.3, -0.25) is 4.98 Å². The summed E-state index contributed by atoms with van der Waals surface area (Å²) in [6.45, 7) is 1.21. The lowest BCUT2D eigenvalue weighted by Gasteiger charge is -2.08.